The molecule has 1 heterocycles. The quantitative estimate of drug-likeness (QED) is 0.495. The number of ether oxygens (including phenoxy) is 3. The zero-order chi connectivity index (χ0) is 19.2. The number of rotatable bonds is 7. The smallest absolute Gasteiger partial charge is 0.287 e. The number of fused-ring (bicyclic) bond motifs is 1. The first-order valence-electron chi connectivity index (χ1n) is 8.45. The van der Waals surface area contributed by atoms with Gasteiger partial charge in [-0.3, -0.25) is 4.79 Å². The van der Waals surface area contributed by atoms with Gasteiger partial charge in [0.1, 0.15) is 22.9 Å². The molecule has 1 aromatic heterocycles. The maximum Gasteiger partial charge on any atom is 0.287 e. The number of hydrogen-bond donors (Lipinski definition) is 2. The summed E-state index contributed by atoms with van der Waals surface area (Å²) in [5.41, 5.74) is 4.46. The van der Waals surface area contributed by atoms with Crippen LogP contribution in [0.5, 0.6) is 17.2 Å². The summed E-state index contributed by atoms with van der Waals surface area (Å²) in [5.74, 6) is 1.72. The lowest BCUT2D eigenvalue weighted by atomic mass is 10.2. The van der Waals surface area contributed by atoms with Gasteiger partial charge in [0.25, 0.3) is 5.91 Å². The van der Waals surface area contributed by atoms with Crippen molar-refractivity contribution in [1.29, 1.82) is 0 Å². The summed E-state index contributed by atoms with van der Waals surface area (Å²) in [5, 5.41) is 4.91. The largest absolute Gasteiger partial charge is 0.497 e. The molecule has 2 aromatic carbocycles. The van der Waals surface area contributed by atoms with E-state index < -0.39 is 0 Å². The van der Waals surface area contributed by atoms with Crippen LogP contribution in [0.25, 0.3) is 10.9 Å². The number of benzene rings is 2. The van der Waals surface area contributed by atoms with E-state index in [9.17, 15) is 4.79 Å². The predicted molar refractivity (Wildman–Crippen MR) is 104 cm³/mol. The zero-order valence-corrected chi connectivity index (χ0v) is 15.4. The van der Waals surface area contributed by atoms with Crippen molar-refractivity contribution < 1.29 is 19.0 Å². The lowest BCUT2D eigenvalue weighted by molar-refractivity contribution is 0.0951. The van der Waals surface area contributed by atoms with Crippen molar-refractivity contribution in [2.24, 2.45) is 5.10 Å². The summed E-state index contributed by atoms with van der Waals surface area (Å²) in [6.07, 6.45) is 1.51. The van der Waals surface area contributed by atoms with Crippen molar-refractivity contribution in [2.45, 2.75) is 6.92 Å². The second-order valence-electron chi connectivity index (χ2n) is 5.67. The Morgan fingerprint density at radius 3 is 2.67 bits per heavy atom. The molecule has 140 valence electrons. The van der Waals surface area contributed by atoms with Crippen molar-refractivity contribution in [3.8, 4) is 17.2 Å². The van der Waals surface area contributed by atoms with Crippen LogP contribution in [0.4, 0.5) is 0 Å². The van der Waals surface area contributed by atoms with Crippen LogP contribution < -0.4 is 19.6 Å². The van der Waals surface area contributed by atoms with E-state index in [1.807, 2.05) is 25.1 Å². The molecule has 0 saturated carbocycles. The van der Waals surface area contributed by atoms with Crippen molar-refractivity contribution in [3.05, 3.63) is 53.7 Å². The predicted octanol–water partition coefficient (Wildman–Crippen LogP) is 3.35. The Balaban J connectivity index is 1.74. The summed E-state index contributed by atoms with van der Waals surface area (Å²) < 4.78 is 16.0. The van der Waals surface area contributed by atoms with E-state index in [0.717, 1.165) is 16.7 Å². The van der Waals surface area contributed by atoms with Gasteiger partial charge in [-0.1, -0.05) is 0 Å². The first-order chi connectivity index (χ1) is 13.1. The van der Waals surface area contributed by atoms with Crippen LogP contribution in [0, 0.1) is 0 Å². The fourth-order valence-electron chi connectivity index (χ4n) is 2.65. The number of hydrazone groups is 1. The molecule has 0 atom stereocenters. The monoisotopic (exact) mass is 367 g/mol. The fourth-order valence-corrected chi connectivity index (χ4v) is 2.65. The summed E-state index contributed by atoms with van der Waals surface area (Å²) in [6, 6.07) is 12.7. The van der Waals surface area contributed by atoms with Gasteiger partial charge in [0.15, 0.2) is 0 Å². The van der Waals surface area contributed by atoms with Gasteiger partial charge >= 0.3 is 0 Å². The molecule has 27 heavy (non-hydrogen) atoms. The average Bonchev–Trinajstić information content (AvgIpc) is 3.11. The Hall–Kier alpha value is -3.48. The van der Waals surface area contributed by atoms with Gasteiger partial charge in [0, 0.05) is 16.5 Å². The van der Waals surface area contributed by atoms with Crippen molar-refractivity contribution >= 4 is 23.0 Å². The highest BCUT2D eigenvalue weighted by Crippen LogP contribution is 2.23. The van der Waals surface area contributed by atoms with E-state index in [2.05, 4.69) is 15.5 Å². The maximum atomic E-state index is 12.3. The molecular formula is C20H21N3O4. The maximum absolute atomic E-state index is 12.3. The van der Waals surface area contributed by atoms with Gasteiger partial charge < -0.3 is 19.2 Å². The molecule has 0 aliphatic carbocycles. The second-order valence-corrected chi connectivity index (χ2v) is 5.67. The number of hydrogen-bond acceptors (Lipinski definition) is 5. The lowest BCUT2D eigenvalue weighted by Crippen LogP contribution is -2.17. The minimum Gasteiger partial charge on any atom is -0.497 e. The molecule has 1 amide bonds. The van der Waals surface area contributed by atoms with Crippen LogP contribution in [0.3, 0.4) is 0 Å². The Morgan fingerprint density at radius 1 is 1.11 bits per heavy atom. The Labute approximate surface area is 156 Å². The van der Waals surface area contributed by atoms with Crippen LogP contribution in [-0.4, -0.2) is 37.9 Å². The second kappa shape index (κ2) is 8.27. The molecule has 0 bridgehead atoms. The minimum absolute atomic E-state index is 0.345. The van der Waals surface area contributed by atoms with E-state index >= 15 is 0 Å². The lowest BCUT2D eigenvalue weighted by Gasteiger charge is -2.06. The van der Waals surface area contributed by atoms with Gasteiger partial charge in [-0.2, -0.15) is 5.10 Å². The van der Waals surface area contributed by atoms with E-state index in [0.29, 0.717) is 29.4 Å². The molecule has 2 N–H and O–H groups in total. The van der Waals surface area contributed by atoms with Gasteiger partial charge in [0.2, 0.25) is 0 Å². The standard InChI is InChI=1S/C20H21N3O4/c1-4-27-16-5-7-17-13(9-16)11-18(22-17)20(24)23-21-12-14-10-15(25-2)6-8-19(14)26-3/h5-12,22H,4H2,1-3H3,(H,23,24)/b21-12-. The van der Waals surface area contributed by atoms with Gasteiger partial charge in [0.05, 0.1) is 27.0 Å². The zero-order valence-electron chi connectivity index (χ0n) is 15.4. The fraction of sp³-hybridized carbons (Fsp3) is 0.200. The highest BCUT2D eigenvalue weighted by molar-refractivity contribution is 5.98. The number of H-pyrrole nitrogens is 1. The molecule has 0 unspecified atom stereocenters. The molecule has 0 radical (unpaired) electrons. The van der Waals surface area contributed by atoms with E-state index in [-0.39, 0.29) is 5.91 Å². The van der Waals surface area contributed by atoms with Crippen LogP contribution in [0.1, 0.15) is 23.0 Å². The molecule has 7 heteroatoms. The van der Waals surface area contributed by atoms with Crippen molar-refractivity contribution in [3.63, 3.8) is 0 Å². The van der Waals surface area contributed by atoms with Crippen molar-refractivity contribution in [2.75, 3.05) is 20.8 Å². The number of nitrogens with zero attached hydrogens (tertiary/aromatic N) is 1. The highest BCUT2D eigenvalue weighted by atomic mass is 16.5. The van der Waals surface area contributed by atoms with Gasteiger partial charge in [-0.05, 0) is 49.4 Å². The molecule has 0 aliphatic rings. The molecule has 3 aromatic rings. The number of aromatic amines is 1. The molecule has 3 rings (SSSR count). The van der Waals surface area contributed by atoms with Gasteiger partial charge in [-0.25, -0.2) is 5.43 Å². The number of methoxy groups -OCH3 is 2. The molecule has 7 nitrogen and oxygen atoms in total. The molecular weight excluding hydrogens is 346 g/mol. The third kappa shape index (κ3) is 4.20. The van der Waals surface area contributed by atoms with Gasteiger partial charge in [-0.15, -0.1) is 0 Å². The Bertz CT molecular complexity index is 979. The molecule has 0 fully saturated rings. The van der Waals surface area contributed by atoms with Crippen LogP contribution in [0.2, 0.25) is 0 Å². The molecule has 0 saturated heterocycles. The molecule has 0 aliphatic heterocycles. The number of nitrogens with one attached hydrogen (secondary N) is 2. The number of carbonyl (C=O) groups is 1. The summed E-state index contributed by atoms with van der Waals surface area (Å²) in [6.45, 7) is 2.52. The Morgan fingerprint density at radius 2 is 1.93 bits per heavy atom. The number of carbonyl (C=O) groups excluding carboxylic acids is 1. The van der Waals surface area contributed by atoms with E-state index in [4.69, 9.17) is 14.2 Å². The number of aromatic nitrogens is 1. The normalized spacial score (nSPS) is 10.9. The van der Waals surface area contributed by atoms with Crippen LogP contribution in [-0.2, 0) is 0 Å². The Kier molecular flexibility index (Phi) is 5.61. The third-order valence-corrected chi connectivity index (χ3v) is 3.95. The third-order valence-electron chi connectivity index (χ3n) is 3.95. The summed E-state index contributed by atoms with van der Waals surface area (Å²) in [4.78, 5) is 15.4. The van der Waals surface area contributed by atoms with Crippen LogP contribution >= 0.6 is 0 Å². The topological polar surface area (TPSA) is 84.9 Å². The van der Waals surface area contributed by atoms with Crippen LogP contribution in [0.15, 0.2) is 47.6 Å². The SMILES string of the molecule is CCOc1ccc2[nH]c(C(=O)N/N=C\c3cc(OC)ccc3OC)cc2c1. The molecule has 0 spiro atoms. The highest BCUT2D eigenvalue weighted by Gasteiger charge is 2.10. The van der Waals surface area contributed by atoms with E-state index in [1.165, 1.54) is 6.21 Å². The minimum atomic E-state index is -0.345. The first-order valence-corrected chi connectivity index (χ1v) is 8.45. The van der Waals surface area contributed by atoms with E-state index in [1.54, 1.807) is 38.5 Å². The number of amides is 1. The summed E-state index contributed by atoms with van der Waals surface area (Å²) >= 11 is 0. The van der Waals surface area contributed by atoms with Crippen molar-refractivity contribution in [1.82, 2.24) is 10.4 Å². The first kappa shape index (κ1) is 18.3. The average molecular weight is 367 g/mol. The summed E-state index contributed by atoms with van der Waals surface area (Å²) in [7, 11) is 3.15.